The molecule has 1 aromatic rings. The maximum atomic E-state index is 9.78. The van der Waals surface area contributed by atoms with Crippen molar-refractivity contribution in [1.82, 2.24) is 9.97 Å². The highest BCUT2D eigenvalue weighted by atomic mass is 16.5. The van der Waals surface area contributed by atoms with Gasteiger partial charge in [0.15, 0.2) is 5.82 Å². The molecule has 2 heterocycles. The van der Waals surface area contributed by atoms with E-state index in [2.05, 4.69) is 9.97 Å². The van der Waals surface area contributed by atoms with E-state index in [1.54, 1.807) is 18.5 Å². The van der Waals surface area contributed by atoms with Crippen molar-refractivity contribution in [3.8, 4) is 0 Å². The smallest absolute Gasteiger partial charge is 0.156 e. The molecule has 0 amide bonds. The monoisotopic (exact) mass is 194 g/mol. The average Bonchev–Trinajstić information content (AvgIpc) is 2.72. The SMILES string of the molecule is OC(CC1CCCO1)c1ncccn1. The first-order valence-corrected chi connectivity index (χ1v) is 4.93. The average molecular weight is 194 g/mol. The Bertz CT molecular complexity index is 273. The lowest BCUT2D eigenvalue weighted by molar-refractivity contribution is 0.0501. The van der Waals surface area contributed by atoms with E-state index in [1.165, 1.54) is 0 Å². The van der Waals surface area contributed by atoms with Crippen LogP contribution in [-0.2, 0) is 4.74 Å². The van der Waals surface area contributed by atoms with Crippen LogP contribution in [0.25, 0.3) is 0 Å². The van der Waals surface area contributed by atoms with Crippen LogP contribution < -0.4 is 0 Å². The first-order valence-electron chi connectivity index (χ1n) is 4.93. The molecular weight excluding hydrogens is 180 g/mol. The van der Waals surface area contributed by atoms with Crippen molar-refractivity contribution in [3.63, 3.8) is 0 Å². The largest absolute Gasteiger partial charge is 0.385 e. The minimum atomic E-state index is -0.598. The molecule has 1 saturated heterocycles. The highest BCUT2D eigenvalue weighted by Gasteiger charge is 2.21. The first-order chi connectivity index (χ1) is 6.86. The molecule has 0 radical (unpaired) electrons. The molecule has 0 aromatic carbocycles. The molecule has 2 atom stereocenters. The molecule has 0 aliphatic carbocycles. The first kappa shape index (κ1) is 9.55. The van der Waals surface area contributed by atoms with Crippen LogP contribution in [0, 0.1) is 0 Å². The minimum Gasteiger partial charge on any atom is -0.385 e. The molecule has 1 aliphatic heterocycles. The number of aliphatic hydroxyl groups excluding tert-OH is 1. The Morgan fingerprint density at radius 3 is 2.93 bits per heavy atom. The predicted octanol–water partition coefficient (Wildman–Crippen LogP) is 1.08. The van der Waals surface area contributed by atoms with Crippen molar-refractivity contribution < 1.29 is 9.84 Å². The maximum absolute atomic E-state index is 9.78. The van der Waals surface area contributed by atoms with Crippen LogP contribution in [0.1, 0.15) is 31.2 Å². The van der Waals surface area contributed by atoms with Gasteiger partial charge < -0.3 is 9.84 Å². The van der Waals surface area contributed by atoms with Gasteiger partial charge in [-0.2, -0.15) is 0 Å². The van der Waals surface area contributed by atoms with Crippen LogP contribution >= 0.6 is 0 Å². The molecule has 0 saturated carbocycles. The molecule has 1 aliphatic rings. The molecule has 76 valence electrons. The van der Waals surface area contributed by atoms with Gasteiger partial charge in [0.2, 0.25) is 0 Å². The Labute approximate surface area is 83.0 Å². The summed E-state index contributed by atoms with van der Waals surface area (Å²) in [6.07, 6.45) is 5.58. The number of ether oxygens (including phenoxy) is 1. The van der Waals surface area contributed by atoms with Crippen molar-refractivity contribution in [2.75, 3.05) is 6.61 Å². The fourth-order valence-electron chi connectivity index (χ4n) is 1.67. The second-order valence-corrected chi connectivity index (χ2v) is 3.49. The quantitative estimate of drug-likeness (QED) is 0.782. The second-order valence-electron chi connectivity index (χ2n) is 3.49. The van der Waals surface area contributed by atoms with E-state index < -0.39 is 6.10 Å². The topological polar surface area (TPSA) is 55.2 Å². The van der Waals surface area contributed by atoms with Gasteiger partial charge in [-0.3, -0.25) is 0 Å². The van der Waals surface area contributed by atoms with Gasteiger partial charge in [0.05, 0.1) is 6.10 Å². The summed E-state index contributed by atoms with van der Waals surface area (Å²) >= 11 is 0. The van der Waals surface area contributed by atoms with Crippen LogP contribution in [0.4, 0.5) is 0 Å². The Morgan fingerprint density at radius 2 is 2.29 bits per heavy atom. The standard InChI is InChI=1S/C10H14N2O2/c13-9(7-8-3-1-6-14-8)10-11-4-2-5-12-10/h2,4-5,8-9,13H,1,3,6-7H2. The predicted molar refractivity (Wildman–Crippen MR) is 50.6 cm³/mol. The van der Waals surface area contributed by atoms with Gasteiger partial charge in [-0.05, 0) is 18.9 Å². The molecule has 1 fully saturated rings. The minimum absolute atomic E-state index is 0.175. The Balaban J connectivity index is 1.92. The molecule has 4 heteroatoms. The van der Waals surface area contributed by atoms with Gasteiger partial charge in [0, 0.05) is 25.4 Å². The fourth-order valence-corrected chi connectivity index (χ4v) is 1.67. The zero-order valence-electron chi connectivity index (χ0n) is 7.97. The number of rotatable bonds is 3. The van der Waals surface area contributed by atoms with Gasteiger partial charge >= 0.3 is 0 Å². The van der Waals surface area contributed by atoms with Crippen LogP contribution in [-0.4, -0.2) is 27.8 Å². The summed E-state index contributed by atoms with van der Waals surface area (Å²) in [5.74, 6) is 0.489. The summed E-state index contributed by atoms with van der Waals surface area (Å²) in [4.78, 5) is 8.01. The molecule has 2 unspecified atom stereocenters. The van der Waals surface area contributed by atoms with Gasteiger partial charge in [-0.25, -0.2) is 9.97 Å². The number of hydrogen-bond donors (Lipinski definition) is 1. The highest BCUT2D eigenvalue weighted by Crippen LogP contribution is 2.22. The van der Waals surface area contributed by atoms with Crippen molar-refractivity contribution in [2.24, 2.45) is 0 Å². The second kappa shape index (κ2) is 4.48. The van der Waals surface area contributed by atoms with Gasteiger partial charge in [0.1, 0.15) is 6.10 Å². The summed E-state index contributed by atoms with van der Waals surface area (Å²) in [7, 11) is 0. The van der Waals surface area contributed by atoms with E-state index in [9.17, 15) is 5.11 Å². The summed E-state index contributed by atoms with van der Waals surface area (Å²) in [5, 5.41) is 9.78. The molecule has 0 bridgehead atoms. The van der Waals surface area contributed by atoms with E-state index in [0.717, 1.165) is 19.4 Å². The van der Waals surface area contributed by atoms with E-state index in [1.807, 2.05) is 0 Å². The van der Waals surface area contributed by atoms with Gasteiger partial charge in [-0.1, -0.05) is 0 Å². The van der Waals surface area contributed by atoms with Crippen LogP contribution in [0.2, 0.25) is 0 Å². The number of aromatic nitrogens is 2. The number of aliphatic hydroxyl groups is 1. The molecular formula is C10H14N2O2. The van der Waals surface area contributed by atoms with Crippen LogP contribution in [0.5, 0.6) is 0 Å². The molecule has 1 aromatic heterocycles. The highest BCUT2D eigenvalue weighted by molar-refractivity contribution is 4.93. The van der Waals surface area contributed by atoms with E-state index >= 15 is 0 Å². The lowest BCUT2D eigenvalue weighted by Crippen LogP contribution is -2.13. The Kier molecular flexibility index (Phi) is 3.06. The summed E-state index contributed by atoms with van der Waals surface area (Å²) < 4.78 is 5.43. The van der Waals surface area contributed by atoms with Crippen molar-refractivity contribution >= 4 is 0 Å². The summed E-state index contributed by atoms with van der Waals surface area (Å²) in [6.45, 7) is 0.813. The third kappa shape index (κ3) is 2.27. The third-order valence-electron chi connectivity index (χ3n) is 2.39. The normalized spacial score (nSPS) is 23.6. The molecule has 1 N–H and O–H groups in total. The molecule has 2 rings (SSSR count). The lowest BCUT2D eigenvalue weighted by atomic mass is 10.1. The number of nitrogens with zero attached hydrogens (tertiary/aromatic N) is 2. The lowest BCUT2D eigenvalue weighted by Gasteiger charge is -2.13. The van der Waals surface area contributed by atoms with E-state index in [-0.39, 0.29) is 6.10 Å². The van der Waals surface area contributed by atoms with E-state index in [0.29, 0.717) is 12.2 Å². The maximum Gasteiger partial charge on any atom is 0.156 e. The zero-order valence-corrected chi connectivity index (χ0v) is 7.97. The summed E-state index contributed by atoms with van der Waals surface area (Å²) in [6, 6.07) is 1.74. The molecule has 0 spiro atoms. The fraction of sp³-hybridized carbons (Fsp3) is 0.600. The van der Waals surface area contributed by atoms with Crippen LogP contribution in [0.3, 0.4) is 0 Å². The summed E-state index contributed by atoms with van der Waals surface area (Å²) in [5.41, 5.74) is 0. The van der Waals surface area contributed by atoms with Crippen molar-refractivity contribution in [3.05, 3.63) is 24.3 Å². The molecule has 4 nitrogen and oxygen atoms in total. The van der Waals surface area contributed by atoms with Crippen LogP contribution in [0.15, 0.2) is 18.5 Å². The van der Waals surface area contributed by atoms with E-state index in [4.69, 9.17) is 4.74 Å². The zero-order chi connectivity index (χ0) is 9.80. The Morgan fingerprint density at radius 1 is 1.50 bits per heavy atom. The molecule has 14 heavy (non-hydrogen) atoms. The van der Waals surface area contributed by atoms with Gasteiger partial charge in [-0.15, -0.1) is 0 Å². The number of hydrogen-bond acceptors (Lipinski definition) is 4. The van der Waals surface area contributed by atoms with Crippen molar-refractivity contribution in [2.45, 2.75) is 31.5 Å². The van der Waals surface area contributed by atoms with Gasteiger partial charge in [0.25, 0.3) is 0 Å². The Hall–Kier alpha value is -1.00. The van der Waals surface area contributed by atoms with Crippen molar-refractivity contribution in [1.29, 1.82) is 0 Å². The third-order valence-corrected chi connectivity index (χ3v) is 2.39.